The van der Waals surface area contributed by atoms with Crippen LogP contribution in [0.1, 0.15) is 45.5 Å². The van der Waals surface area contributed by atoms with Crippen LogP contribution in [-0.4, -0.2) is 9.55 Å². The Morgan fingerprint density at radius 3 is 1.78 bits per heavy atom. The molecule has 0 atom stereocenters. The van der Waals surface area contributed by atoms with Crippen molar-refractivity contribution in [2.24, 2.45) is 0 Å². The molecule has 0 saturated carbocycles. The van der Waals surface area contributed by atoms with Crippen molar-refractivity contribution in [3.8, 4) is 50.5 Å². The van der Waals surface area contributed by atoms with Crippen molar-refractivity contribution in [3.63, 3.8) is 0 Å². The smallest absolute Gasteiger partial charge is 0.145 e. The number of aromatic nitrogens is 2. The average molecular weight is 654 g/mol. The molecule has 0 fully saturated rings. The minimum atomic E-state index is -1.36. The van der Waals surface area contributed by atoms with Gasteiger partial charge in [0.15, 0.2) is 0 Å². The van der Waals surface area contributed by atoms with E-state index in [0.717, 1.165) is 16.7 Å². The normalized spacial score (nSPS) is 17.4. The molecule has 1 heterocycles. The number of nitrogens with zero attached hydrogens (tertiary/aromatic N) is 2. The van der Waals surface area contributed by atoms with Crippen LogP contribution in [0.3, 0.4) is 0 Å². The minimum absolute atomic E-state index is 0.0220. The Morgan fingerprint density at radius 1 is 0.520 bits per heavy atom. The third-order valence-corrected chi connectivity index (χ3v) is 9.63. The van der Waals surface area contributed by atoms with E-state index in [0.29, 0.717) is 17.0 Å². The summed E-state index contributed by atoms with van der Waals surface area (Å²) in [5.74, 6) is 0.602. The molecular formula is C48H34N2. The van der Waals surface area contributed by atoms with Crippen LogP contribution in [0.5, 0.6) is 0 Å². The van der Waals surface area contributed by atoms with Gasteiger partial charge in [-0.05, 0) is 96.4 Å². The molecule has 1 aliphatic carbocycles. The first-order valence-corrected chi connectivity index (χ1v) is 16.2. The number of benzene rings is 8. The van der Waals surface area contributed by atoms with Gasteiger partial charge in [-0.1, -0.05) is 153 Å². The summed E-state index contributed by atoms with van der Waals surface area (Å²) in [7, 11) is 0. The van der Waals surface area contributed by atoms with E-state index >= 15 is 0 Å². The number of imidazole rings is 1. The van der Waals surface area contributed by atoms with Crippen LogP contribution in [0, 0.1) is 0 Å². The first-order chi connectivity index (χ1) is 30.8. The Bertz CT molecular complexity index is 3540. The standard InChI is InChI=1S/C48H34N2/c1-48(2)41-21-11-10-16-35(41)36-29-28-33(30-42(36)48)46-39-19-8-6-17-37(39)45(38-18-7-9-20-40(38)46)31-24-26-32(27-25-31)47-49-43-22-12-13-23-44(43)50(47)34-14-4-3-5-15-34/h3-30H,1-2H3/i6D,7D,8D,9D,10D,11D,16D,17D,18D,19D,20D,21D,28D,29D,30D. The molecule has 1 aromatic heterocycles. The topological polar surface area (TPSA) is 17.8 Å². The highest BCUT2D eigenvalue weighted by Crippen LogP contribution is 2.51. The molecule has 0 radical (unpaired) electrons. The molecule has 0 N–H and O–H groups in total. The second-order valence-corrected chi connectivity index (χ2v) is 12.8. The molecule has 2 heteroatoms. The molecule has 0 unspecified atom stereocenters. The van der Waals surface area contributed by atoms with Crippen molar-refractivity contribution in [1.82, 2.24) is 9.55 Å². The summed E-state index contributed by atoms with van der Waals surface area (Å²) in [5.41, 5.74) is 1.66. The number of rotatable bonds is 4. The number of hydrogen-bond donors (Lipinski definition) is 0. The SMILES string of the molecule is [2H]c1c([2H])c([2H])c2c(c1[2H])-c1c([2H])c([2H])c(-c3c4c([2H])c([2H])c([2H])c([2H])c4c(-c4ccc(-c5nc6ccccc6n5-c5ccccc5)cc4)c4c([2H])c([2H])c([2H])c([2H])c34)c([2H])c1C2(C)C. The Labute approximate surface area is 313 Å². The van der Waals surface area contributed by atoms with Gasteiger partial charge in [-0.25, -0.2) is 4.98 Å². The predicted molar refractivity (Wildman–Crippen MR) is 210 cm³/mol. The molecule has 0 spiro atoms. The van der Waals surface area contributed by atoms with Crippen molar-refractivity contribution < 1.29 is 20.6 Å². The molecular weight excluding hydrogens is 605 g/mol. The maximum Gasteiger partial charge on any atom is 0.145 e. The van der Waals surface area contributed by atoms with E-state index in [1.807, 2.05) is 59.2 Å². The fourth-order valence-corrected chi connectivity index (χ4v) is 7.29. The first kappa shape index (κ1) is 17.4. The van der Waals surface area contributed by atoms with E-state index in [9.17, 15) is 9.60 Å². The van der Waals surface area contributed by atoms with Gasteiger partial charge in [-0.2, -0.15) is 0 Å². The van der Waals surface area contributed by atoms with Gasteiger partial charge in [0.1, 0.15) is 5.82 Å². The number of hydrogen-bond acceptors (Lipinski definition) is 1. The zero-order chi connectivity index (χ0) is 46.5. The van der Waals surface area contributed by atoms with Gasteiger partial charge in [-0.15, -0.1) is 0 Å². The van der Waals surface area contributed by atoms with Gasteiger partial charge in [0, 0.05) is 16.7 Å². The van der Waals surface area contributed by atoms with Crippen LogP contribution in [0.25, 0.3) is 83.0 Å². The van der Waals surface area contributed by atoms with E-state index in [4.69, 9.17) is 16.0 Å². The van der Waals surface area contributed by atoms with E-state index in [2.05, 4.69) is 0 Å². The number of fused-ring (bicyclic) bond motifs is 6. The summed E-state index contributed by atoms with van der Waals surface area (Å²) in [6.07, 6.45) is 0. The van der Waals surface area contributed by atoms with Crippen LogP contribution < -0.4 is 0 Å². The van der Waals surface area contributed by atoms with Gasteiger partial charge in [0.25, 0.3) is 0 Å². The van der Waals surface area contributed by atoms with Gasteiger partial charge in [0.2, 0.25) is 0 Å². The van der Waals surface area contributed by atoms with Gasteiger partial charge >= 0.3 is 0 Å². The highest BCUT2D eigenvalue weighted by molar-refractivity contribution is 6.21. The van der Waals surface area contributed by atoms with Crippen molar-refractivity contribution in [3.05, 3.63) is 181 Å². The lowest BCUT2D eigenvalue weighted by Gasteiger charge is -2.23. The zero-order valence-corrected chi connectivity index (χ0v) is 26.9. The van der Waals surface area contributed by atoms with Crippen LogP contribution in [0.2, 0.25) is 0 Å². The lowest BCUT2D eigenvalue weighted by Crippen LogP contribution is -2.14. The van der Waals surface area contributed by atoms with E-state index in [1.54, 1.807) is 38.1 Å². The van der Waals surface area contributed by atoms with Gasteiger partial charge < -0.3 is 0 Å². The summed E-state index contributed by atoms with van der Waals surface area (Å²) >= 11 is 0. The Balaban J connectivity index is 1.34. The lowest BCUT2D eigenvalue weighted by atomic mass is 9.80. The largest absolute Gasteiger partial charge is 0.292 e. The van der Waals surface area contributed by atoms with Crippen LogP contribution in [0.4, 0.5) is 0 Å². The Hall–Kier alpha value is -6.25. The van der Waals surface area contributed by atoms with Crippen molar-refractivity contribution >= 4 is 32.6 Å². The average Bonchev–Trinajstić information content (AvgIpc) is 3.81. The molecule has 1 aliphatic rings. The van der Waals surface area contributed by atoms with Crippen molar-refractivity contribution in [1.29, 1.82) is 0 Å². The molecule has 9 aromatic rings. The second-order valence-electron chi connectivity index (χ2n) is 12.8. The van der Waals surface area contributed by atoms with Gasteiger partial charge in [-0.3, -0.25) is 4.57 Å². The van der Waals surface area contributed by atoms with E-state index in [1.165, 1.54) is 0 Å². The van der Waals surface area contributed by atoms with E-state index < -0.39 is 90.0 Å². The van der Waals surface area contributed by atoms with Crippen LogP contribution >= 0.6 is 0 Å². The summed E-state index contributed by atoms with van der Waals surface area (Å²) in [5, 5.41) is -0.753. The monoisotopic (exact) mass is 653 g/mol. The fraction of sp³-hybridized carbons (Fsp3) is 0.0625. The molecule has 8 aromatic carbocycles. The van der Waals surface area contributed by atoms with Crippen molar-refractivity contribution in [2.45, 2.75) is 19.3 Å². The predicted octanol–water partition coefficient (Wildman–Crippen LogP) is 12.6. The summed E-state index contributed by atoms with van der Waals surface area (Å²) in [6.45, 7) is 3.28. The maximum absolute atomic E-state index is 9.90. The minimum Gasteiger partial charge on any atom is -0.292 e. The van der Waals surface area contributed by atoms with E-state index in [-0.39, 0.29) is 66.5 Å². The highest BCUT2D eigenvalue weighted by Gasteiger charge is 2.35. The quantitative estimate of drug-likeness (QED) is 0.173. The highest BCUT2D eigenvalue weighted by atomic mass is 15.1. The van der Waals surface area contributed by atoms with Gasteiger partial charge in [0.05, 0.1) is 31.6 Å². The van der Waals surface area contributed by atoms with Crippen LogP contribution in [0.15, 0.2) is 169 Å². The molecule has 50 heavy (non-hydrogen) atoms. The molecule has 236 valence electrons. The maximum atomic E-state index is 9.90. The third kappa shape index (κ3) is 4.18. The summed E-state index contributed by atoms with van der Waals surface area (Å²) < 4.78 is 139. The lowest BCUT2D eigenvalue weighted by molar-refractivity contribution is 0.660. The Kier molecular flexibility index (Phi) is 3.79. The molecule has 0 amide bonds. The van der Waals surface area contributed by atoms with Crippen LogP contribution in [-0.2, 0) is 5.41 Å². The molecule has 0 aliphatic heterocycles. The molecule has 10 rings (SSSR count). The second kappa shape index (κ2) is 10.9. The molecule has 0 saturated heterocycles. The third-order valence-electron chi connectivity index (χ3n) is 9.63. The molecule has 2 nitrogen and oxygen atoms in total. The summed E-state index contributed by atoms with van der Waals surface area (Å²) in [4.78, 5) is 4.96. The number of para-hydroxylation sites is 3. The Morgan fingerprint density at radius 2 is 1.08 bits per heavy atom. The van der Waals surface area contributed by atoms with Crippen molar-refractivity contribution in [2.75, 3.05) is 0 Å². The fourth-order valence-electron chi connectivity index (χ4n) is 7.29. The summed E-state index contributed by atoms with van der Waals surface area (Å²) in [6, 6.07) is 15.9. The first-order valence-electron chi connectivity index (χ1n) is 23.7. The zero-order valence-electron chi connectivity index (χ0n) is 41.9. The molecule has 0 bridgehead atoms.